The number of aromatic nitrogens is 3. The van der Waals surface area contributed by atoms with Crippen molar-refractivity contribution in [3.05, 3.63) is 59.9 Å². The quantitative estimate of drug-likeness (QED) is 0.760. The van der Waals surface area contributed by atoms with E-state index >= 15 is 0 Å². The minimum absolute atomic E-state index is 0.251. The van der Waals surface area contributed by atoms with E-state index in [2.05, 4.69) is 14.9 Å². The summed E-state index contributed by atoms with van der Waals surface area (Å²) in [6.45, 7) is 0.814. The zero-order valence-corrected chi connectivity index (χ0v) is 14.3. The van der Waals surface area contributed by atoms with E-state index in [1.54, 1.807) is 24.3 Å². The fourth-order valence-electron chi connectivity index (χ4n) is 2.99. The van der Waals surface area contributed by atoms with Crippen LogP contribution in [0.15, 0.2) is 47.4 Å². The first-order valence-electron chi connectivity index (χ1n) is 7.94. The smallest absolute Gasteiger partial charge is 0.264 e. The number of halogens is 2. The SMILES string of the molecule is O=S(=O)(Nc1cccc(-c2nnc3n2CCC3)c1)c1ccc(F)cc1F. The molecule has 0 saturated heterocycles. The minimum Gasteiger partial charge on any atom is -0.311 e. The van der Waals surface area contributed by atoms with E-state index in [1.165, 1.54) is 0 Å². The summed E-state index contributed by atoms with van der Waals surface area (Å²) in [6, 6.07) is 8.94. The predicted octanol–water partition coefficient (Wildman–Crippen LogP) is 2.97. The number of hydrogen-bond acceptors (Lipinski definition) is 4. The molecule has 0 fully saturated rings. The van der Waals surface area contributed by atoms with Gasteiger partial charge in [-0.2, -0.15) is 0 Å². The highest BCUT2D eigenvalue weighted by Crippen LogP contribution is 2.27. The van der Waals surface area contributed by atoms with Crippen molar-refractivity contribution in [2.75, 3.05) is 4.72 Å². The van der Waals surface area contributed by atoms with Crippen molar-refractivity contribution in [1.29, 1.82) is 0 Å². The molecule has 1 aliphatic rings. The van der Waals surface area contributed by atoms with Crippen LogP contribution in [0.5, 0.6) is 0 Å². The molecule has 9 heteroatoms. The van der Waals surface area contributed by atoms with Crippen LogP contribution in [0.3, 0.4) is 0 Å². The van der Waals surface area contributed by atoms with E-state index in [9.17, 15) is 17.2 Å². The summed E-state index contributed by atoms with van der Waals surface area (Å²) in [6.07, 6.45) is 1.86. The number of hydrogen-bond donors (Lipinski definition) is 1. The van der Waals surface area contributed by atoms with Gasteiger partial charge in [-0.25, -0.2) is 17.2 Å². The number of benzene rings is 2. The number of rotatable bonds is 4. The summed E-state index contributed by atoms with van der Waals surface area (Å²) >= 11 is 0. The summed E-state index contributed by atoms with van der Waals surface area (Å²) < 4.78 is 56.0. The van der Waals surface area contributed by atoms with Crippen LogP contribution in [0.1, 0.15) is 12.2 Å². The summed E-state index contributed by atoms with van der Waals surface area (Å²) in [7, 11) is -4.19. The van der Waals surface area contributed by atoms with E-state index in [1.807, 2.05) is 4.57 Å². The maximum atomic E-state index is 13.8. The van der Waals surface area contributed by atoms with Crippen molar-refractivity contribution in [3.63, 3.8) is 0 Å². The average molecular weight is 376 g/mol. The Morgan fingerprint density at radius 1 is 1.08 bits per heavy atom. The molecule has 2 aromatic carbocycles. The molecule has 0 aliphatic carbocycles. The molecule has 0 amide bonds. The van der Waals surface area contributed by atoms with Gasteiger partial charge in [-0.3, -0.25) is 4.72 Å². The standard InChI is InChI=1S/C17H14F2N4O2S/c18-12-6-7-15(14(19)10-12)26(24,25)22-13-4-1-3-11(9-13)17-21-20-16-5-2-8-23(16)17/h1,3-4,6-7,9-10,22H,2,5,8H2. The van der Waals surface area contributed by atoms with Gasteiger partial charge in [0.15, 0.2) is 5.82 Å². The molecule has 0 saturated carbocycles. The highest BCUT2D eigenvalue weighted by molar-refractivity contribution is 7.92. The number of fused-ring (bicyclic) bond motifs is 1. The molecule has 2 heterocycles. The Morgan fingerprint density at radius 3 is 2.73 bits per heavy atom. The minimum atomic E-state index is -4.19. The van der Waals surface area contributed by atoms with Gasteiger partial charge in [0.25, 0.3) is 10.0 Å². The molecule has 0 unspecified atom stereocenters. The zero-order chi connectivity index (χ0) is 18.3. The third-order valence-electron chi connectivity index (χ3n) is 4.17. The summed E-state index contributed by atoms with van der Waals surface area (Å²) in [5, 5.41) is 8.30. The normalized spacial score (nSPS) is 13.6. The van der Waals surface area contributed by atoms with Crippen LogP contribution in [-0.4, -0.2) is 23.2 Å². The lowest BCUT2D eigenvalue weighted by atomic mass is 10.2. The molecule has 1 aromatic heterocycles. The Labute approximate surface area is 148 Å². The molecule has 6 nitrogen and oxygen atoms in total. The molecule has 0 spiro atoms. The van der Waals surface area contributed by atoms with Gasteiger partial charge in [0.05, 0.1) is 0 Å². The van der Waals surface area contributed by atoms with E-state index in [-0.39, 0.29) is 5.69 Å². The number of sulfonamides is 1. The highest BCUT2D eigenvalue weighted by atomic mass is 32.2. The zero-order valence-electron chi connectivity index (χ0n) is 13.5. The molecular weight excluding hydrogens is 362 g/mol. The number of anilines is 1. The average Bonchev–Trinajstić information content (AvgIpc) is 3.17. The van der Waals surface area contributed by atoms with Crippen molar-refractivity contribution in [1.82, 2.24) is 14.8 Å². The highest BCUT2D eigenvalue weighted by Gasteiger charge is 2.21. The van der Waals surface area contributed by atoms with Gasteiger partial charge in [-0.05, 0) is 30.7 Å². The van der Waals surface area contributed by atoms with Gasteiger partial charge in [0.1, 0.15) is 22.4 Å². The Hall–Kier alpha value is -2.81. The number of aryl methyl sites for hydroxylation is 1. The lowest BCUT2D eigenvalue weighted by Gasteiger charge is -2.10. The van der Waals surface area contributed by atoms with Gasteiger partial charge in [0, 0.05) is 30.3 Å². The first-order valence-corrected chi connectivity index (χ1v) is 9.43. The molecular formula is C17H14F2N4O2S. The van der Waals surface area contributed by atoms with E-state index in [4.69, 9.17) is 0 Å². The maximum Gasteiger partial charge on any atom is 0.264 e. The Balaban J connectivity index is 1.67. The van der Waals surface area contributed by atoms with Crippen LogP contribution in [-0.2, 0) is 23.0 Å². The fraction of sp³-hybridized carbons (Fsp3) is 0.176. The van der Waals surface area contributed by atoms with E-state index in [0.29, 0.717) is 17.5 Å². The largest absolute Gasteiger partial charge is 0.311 e. The van der Waals surface area contributed by atoms with Crippen molar-refractivity contribution >= 4 is 15.7 Å². The van der Waals surface area contributed by atoms with Crippen LogP contribution in [0.2, 0.25) is 0 Å². The van der Waals surface area contributed by atoms with Crippen molar-refractivity contribution < 1.29 is 17.2 Å². The van der Waals surface area contributed by atoms with Crippen LogP contribution >= 0.6 is 0 Å². The summed E-state index contributed by atoms with van der Waals surface area (Å²) in [5.41, 5.74) is 0.951. The van der Waals surface area contributed by atoms with Gasteiger partial charge >= 0.3 is 0 Å². The predicted molar refractivity (Wildman–Crippen MR) is 90.9 cm³/mol. The van der Waals surface area contributed by atoms with Crippen LogP contribution in [0.4, 0.5) is 14.5 Å². The van der Waals surface area contributed by atoms with Crippen LogP contribution in [0.25, 0.3) is 11.4 Å². The molecule has 0 atom stereocenters. The molecule has 1 aliphatic heterocycles. The van der Waals surface area contributed by atoms with Crippen molar-refractivity contribution in [2.45, 2.75) is 24.3 Å². The monoisotopic (exact) mass is 376 g/mol. The molecule has 1 N–H and O–H groups in total. The summed E-state index contributed by atoms with van der Waals surface area (Å²) in [5.74, 6) is -0.432. The van der Waals surface area contributed by atoms with Crippen LogP contribution in [0, 0.1) is 11.6 Å². The Bertz CT molecular complexity index is 1100. The molecule has 0 bridgehead atoms. The van der Waals surface area contributed by atoms with Gasteiger partial charge in [-0.15, -0.1) is 10.2 Å². The number of nitrogens with one attached hydrogen (secondary N) is 1. The molecule has 26 heavy (non-hydrogen) atoms. The maximum absolute atomic E-state index is 13.8. The molecule has 3 aromatic rings. The summed E-state index contributed by atoms with van der Waals surface area (Å²) in [4.78, 5) is -0.618. The van der Waals surface area contributed by atoms with Gasteiger partial charge < -0.3 is 4.57 Å². The molecule has 0 radical (unpaired) electrons. The molecule has 134 valence electrons. The second kappa shape index (κ2) is 6.17. The second-order valence-corrected chi connectivity index (χ2v) is 7.61. The Morgan fingerprint density at radius 2 is 1.92 bits per heavy atom. The van der Waals surface area contributed by atoms with E-state index < -0.39 is 26.6 Å². The van der Waals surface area contributed by atoms with E-state index in [0.717, 1.165) is 37.3 Å². The lowest BCUT2D eigenvalue weighted by Crippen LogP contribution is -2.14. The van der Waals surface area contributed by atoms with Crippen LogP contribution < -0.4 is 4.72 Å². The third kappa shape index (κ3) is 2.94. The van der Waals surface area contributed by atoms with Gasteiger partial charge in [0.2, 0.25) is 0 Å². The van der Waals surface area contributed by atoms with Crippen molar-refractivity contribution in [2.24, 2.45) is 0 Å². The lowest BCUT2D eigenvalue weighted by molar-refractivity contribution is 0.551. The fourth-order valence-corrected chi connectivity index (χ4v) is 4.10. The van der Waals surface area contributed by atoms with Crippen molar-refractivity contribution in [3.8, 4) is 11.4 Å². The first-order chi connectivity index (χ1) is 12.4. The first kappa shape index (κ1) is 16.6. The second-order valence-electron chi connectivity index (χ2n) is 5.96. The van der Waals surface area contributed by atoms with Gasteiger partial charge in [-0.1, -0.05) is 12.1 Å². The third-order valence-corrected chi connectivity index (χ3v) is 5.58. The topological polar surface area (TPSA) is 76.9 Å². The number of nitrogens with zero attached hydrogens (tertiary/aromatic N) is 3. The molecule has 4 rings (SSSR count). The Kier molecular flexibility index (Phi) is 3.95.